The van der Waals surface area contributed by atoms with Crippen molar-refractivity contribution in [3.8, 4) is 0 Å². The Labute approximate surface area is 67.8 Å². The Morgan fingerprint density at radius 3 is 1.50 bits per heavy atom. The van der Waals surface area contributed by atoms with Crippen LogP contribution in [0.2, 0.25) is 3.67 Å². The predicted molar refractivity (Wildman–Crippen MR) is 35.8 cm³/mol. The van der Waals surface area contributed by atoms with Gasteiger partial charge in [0, 0.05) is 13.1 Å². The molecule has 5 N–H and O–H groups in total. The first-order valence-electron chi connectivity index (χ1n) is 2.84. The van der Waals surface area contributed by atoms with E-state index in [1.165, 1.54) is 0 Å². The van der Waals surface area contributed by atoms with Crippen molar-refractivity contribution in [3.05, 3.63) is 0 Å². The normalized spacial score (nSPS) is 7.62. The summed E-state index contributed by atoms with van der Waals surface area (Å²) in [4.78, 5) is 0. The minimum absolute atomic E-state index is 0.381. The van der Waals surface area contributed by atoms with Crippen LogP contribution in [0.15, 0.2) is 0 Å². The molecule has 0 aliphatic rings. The maximum absolute atomic E-state index is 7.91. The first-order chi connectivity index (χ1) is 3.83. The molecule has 0 aliphatic carbocycles. The van der Waals surface area contributed by atoms with Crippen LogP contribution in [0.3, 0.4) is 0 Å². The Kier molecular flexibility index (Phi) is 22.8. The third-order valence-electron chi connectivity index (χ3n) is 0.390. The summed E-state index contributed by atoms with van der Waals surface area (Å²) in [6.07, 6.45) is 0. The molecule has 0 spiro atoms. The van der Waals surface area contributed by atoms with Crippen LogP contribution >= 0.6 is 0 Å². The summed E-state index contributed by atoms with van der Waals surface area (Å²) in [6.45, 7) is 1.58. The fraction of sp³-hybridized carbons (Fsp3) is 1.00. The fourth-order valence-corrected chi connectivity index (χ4v) is 0. The van der Waals surface area contributed by atoms with E-state index in [9.17, 15) is 0 Å². The van der Waals surface area contributed by atoms with E-state index in [2.05, 4.69) is 0 Å². The van der Waals surface area contributed by atoms with Gasteiger partial charge in [-0.2, -0.15) is 0 Å². The molecule has 0 rings (SSSR count). The molecule has 0 aliphatic heterocycles. The average molecular weight is 128 g/mol. The van der Waals surface area contributed by atoms with Gasteiger partial charge in [0.25, 0.3) is 0 Å². The van der Waals surface area contributed by atoms with Crippen LogP contribution in [-0.4, -0.2) is 52.7 Å². The van der Waals surface area contributed by atoms with Crippen LogP contribution in [-0.2, 0) is 0 Å². The predicted octanol–water partition coefficient (Wildman–Crippen LogP) is -1.53. The van der Waals surface area contributed by atoms with Crippen LogP contribution in [0.25, 0.3) is 0 Å². The molecule has 3 nitrogen and oxygen atoms in total. The summed E-state index contributed by atoms with van der Waals surface area (Å²) >= 11 is 1.14. The number of rotatable bonds is 2. The average Bonchev–Trinajstić information content (AvgIpc) is 1.88. The Balaban J connectivity index is 0. The minimum atomic E-state index is 0.381. The van der Waals surface area contributed by atoms with Gasteiger partial charge in [0.1, 0.15) is 0 Å². The molecule has 0 aromatic carbocycles. The Morgan fingerprint density at radius 2 is 1.50 bits per heavy atom. The SMILES string of the molecule is NCCN.OC[CH2][Na]. The van der Waals surface area contributed by atoms with E-state index in [0.29, 0.717) is 19.7 Å². The van der Waals surface area contributed by atoms with Crippen LogP contribution in [0, 0.1) is 0 Å². The number of nitrogens with two attached hydrogens (primary N) is 2. The first-order valence-corrected chi connectivity index (χ1v) is 4.25. The van der Waals surface area contributed by atoms with Crippen molar-refractivity contribution in [2.24, 2.45) is 11.5 Å². The van der Waals surface area contributed by atoms with Crippen molar-refractivity contribution in [2.75, 3.05) is 19.7 Å². The zero-order chi connectivity index (χ0) is 6.83. The molecule has 4 heteroatoms. The fourth-order valence-electron chi connectivity index (χ4n) is 0. The van der Waals surface area contributed by atoms with E-state index in [4.69, 9.17) is 16.6 Å². The molecule has 0 heterocycles. The Hall–Kier alpha value is 0.880. The van der Waals surface area contributed by atoms with E-state index >= 15 is 0 Å². The summed E-state index contributed by atoms with van der Waals surface area (Å²) in [7, 11) is 0. The zero-order valence-electron chi connectivity index (χ0n) is 5.43. The summed E-state index contributed by atoms with van der Waals surface area (Å²) in [5.41, 5.74) is 9.81. The first kappa shape index (κ1) is 11.6. The van der Waals surface area contributed by atoms with Gasteiger partial charge in [0.2, 0.25) is 0 Å². The molecule has 0 radical (unpaired) electrons. The summed E-state index contributed by atoms with van der Waals surface area (Å²) < 4.78 is 1.01. The second kappa shape index (κ2) is 15.7. The van der Waals surface area contributed by atoms with Gasteiger partial charge < -0.3 is 11.5 Å². The summed E-state index contributed by atoms with van der Waals surface area (Å²) in [6, 6.07) is 0. The molecule has 0 fully saturated rings. The van der Waals surface area contributed by atoms with E-state index < -0.39 is 0 Å². The van der Waals surface area contributed by atoms with Gasteiger partial charge in [0.15, 0.2) is 0 Å². The Bertz CT molecular complexity index is 22.0. The standard InChI is InChI=1S/C2H8N2.C2H5O.Na/c3-1-2-4;1-2-3;/h1-4H2;3H,1-2H2;. The number of aliphatic hydroxyl groups excluding tert-OH is 1. The van der Waals surface area contributed by atoms with Gasteiger partial charge in [-0.1, -0.05) is 0 Å². The molecule has 8 heavy (non-hydrogen) atoms. The van der Waals surface area contributed by atoms with Gasteiger partial charge in [-0.05, 0) is 0 Å². The number of hydrogen-bond donors (Lipinski definition) is 3. The second-order valence-electron chi connectivity index (χ2n) is 1.30. The summed E-state index contributed by atoms with van der Waals surface area (Å²) in [5.74, 6) is 0. The molecule has 0 saturated heterocycles. The van der Waals surface area contributed by atoms with Gasteiger partial charge in [-0.3, -0.25) is 0 Å². The van der Waals surface area contributed by atoms with Crippen molar-refractivity contribution in [2.45, 2.75) is 3.67 Å². The quantitative estimate of drug-likeness (QED) is 0.395. The Morgan fingerprint density at radius 1 is 1.25 bits per heavy atom. The van der Waals surface area contributed by atoms with Crippen molar-refractivity contribution < 1.29 is 5.11 Å². The molecule has 0 aromatic rings. The third kappa shape index (κ3) is 28.7. The maximum atomic E-state index is 7.91. The van der Waals surface area contributed by atoms with E-state index in [1.54, 1.807) is 0 Å². The number of aliphatic hydroxyl groups is 1. The van der Waals surface area contributed by atoms with Crippen molar-refractivity contribution in [1.82, 2.24) is 0 Å². The molecule has 0 amide bonds. The van der Waals surface area contributed by atoms with Crippen molar-refractivity contribution >= 4 is 27.9 Å². The van der Waals surface area contributed by atoms with Crippen molar-refractivity contribution in [1.29, 1.82) is 0 Å². The molecule has 0 atom stereocenters. The number of hydrogen-bond acceptors (Lipinski definition) is 3. The zero-order valence-corrected chi connectivity index (χ0v) is 7.43. The van der Waals surface area contributed by atoms with E-state index in [1.807, 2.05) is 0 Å². The van der Waals surface area contributed by atoms with Gasteiger partial charge in [0.05, 0.1) is 0 Å². The molecular weight excluding hydrogens is 115 g/mol. The second-order valence-corrected chi connectivity index (χ2v) is 2.30. The molecule has 0 bridgehead atoms. The van der Waals surface area contributed by atoms with E-state index in [0.717, 1.165) is 31.6 Å². The van der Waals surface area contributed by atoms with Gasteiger partial charge in [-0.25, -0.2) is 0 Å². The molecular formula is C4H13N2NaO. The monoisotopic (exact) mass is 128 g/mol. The molecule has 0 unspecified atom stereocenters. The van der Waals surface area contributed by atoms with Crippen LogP contribution < -0.4 is 11.5 Å². The summed E-state index contributed by atoms with van der Waals surface area (Å²) in [5, 5.41) is 7.91. The third-order valence-corrected chi connectivity index (χ3v) is 0.837. The molecule has 0 aromatic heterocycles. The van der Waals surface area contributed by atoms with Crippen LogP contribution in [0.5, 0.6) is 0 Å². The molecule has 0 saturated carbocycles. The molecule has 46 valence electrons. The topological polar surface area (TPSA) is 72.3 Å². The van der Waals surface area contributed by atoms with Crippen LogP contribution in [0.4, 0.5) is 0 Å². The van der Waals surface area contributed by atoms with Gasteiger partial charge in [-0.15, -0.1) is 0 Å². The van der Waals surface area contributed by atoms with Crippen LogP contribution in [0.1, 0.15) is 0 Å². The van der Waals surface area contributed by atoms with Crippen molar-refractivity contribution in [3.63, 3.8) is 0 Å². The van der Waals surface area contributed by atoms with Gasteiger partial charge >= 0.3 is 43.3 Å². The van der Waals surface area contributed by atoms with E-state index in [-0.39, 0.29) is 0 Å².